The van der Waals surface area contributed by atoms with Crippen molar-refractivity contribution in [1.29, 1.82) is 0 Å². The van der Waals surface area contributed by atoms with E-state index in [0.717, 1.165) is 25.1 Å². The topological polar surface area (TPSA) is 39.9 Å². The fraction of sp³-hybridized carbons (Fsp3) is 0.867. The molecule has 4 heteroatoms. The SMILES string of the molecule is CC(C)(C)CCCOCn1cc(CC(C)(C)C)nn1. The van der Waals surface area contributed by atoms with Gasteiger partial charge in [-0.05, 0) is 30.1 Å². The van der Waals surface area contributed by atoms with E-state index in [1.165, 1.54) is 6.42 Å². The van der Waals surface area contributed by atoms with Crippen LogP contribution in [0.5, 0.6) is 0 Å². The van der Waals surface area contributed by atoms with Crippen molar-refractivity contribution in [2.24, 2.45) is 10.8 Å². The van der Waals surface area contributed by atoms with Gasteiger partial charge in [0.25, 0.3) is 0 Å². The highest BCUT2D eigenvalue weighted by atomic mass is 16.5. The van der Waals surface area contributed by atoms with Crippen molar-refractivity contribution < 1.29 is 4.74 Å². The highest BCUT2D eigenvalue weighted by Gasteiger charge is 2.14. The monoisotopic (exact) mass is 267 g/mol. The van der Waals surface area contributed by atoms with Crippen molar-refractivity contribution in [2.45, 2.75) is 67.5 Å². The molecule has 0 spiro atoms. The number of hydrogen-bond donors (Lipinski definition) is 0. The Morgan fingerprint density at radius 1 is 1.11 bits per heavy atom. The number of nitrogens with zero attached hydrogens (tertiary/aromatic N) is 3. The Labute approximate surface area is 117 Å². The van der Waals surface area contributed by atoms with Crippen LogP contribution in [-0.2, 0) is 17.9 Å². The Morgan fingerprint density at radius 3 is 2.37 bits per heavy atom. The van der Waals surface area contributed by atoms with Gasteiger partial charge in [0.15, 0.2) is 0 Å². The molecule has 0 unspecified atom stereocenters. The predicted octanol–water partition coefficient (Wildman–Crippen LogP) is 3.67. The summed E-state index contributed by atoms with van der Waals surface area (Å²) in [6, 6.07) is 0. The zero-order chi connectivity index (χ0) is 14.5. The molecule has 0 amide bonds. The average Bonchev–Trinajstić information content (AvgIpc) is 2.60. The Bertz CT molecular complexity index is 371. The largest absolute Gasteiger partial charge is 0.359 e. The first kappa shape index (κ1) is 16.2. The molecule has 0 radical (unpaired) electrons. The van der Waals surface area contributed by atoms with E-state index in [4.69, 9.17) is 4.74 Å². The van der Waals surface area contributed by atoms with Gasteiger partial charge in [-0.1, -0.05) is 46.8 Å². The second-order valence-electron chi connectivity index (χ2n) is 7.69. The fourth-order valence-electron chi connectivity index (χ4n) is 1.89. The molecule has 1 rings (SSSR count). The summed E-state index contributed by atoms with van der Waals surface area (Å²) in [5.41, 5.74) is 1.66. The molecule has 4 nitrogen and oxygen atoms in total. The quantitative estimate of drug-likeness (QED) is 0.738. The summed E-state index contributed by atoms with van der Waals surface area (Å²) >= 11 is 0. The van der Waals surface area contributed by atoms with Crippen molar-refractivity contribution in [2.75, 3.05) is 6.61 Å². The molecule has 110 valence electrons. The van der Waals surface area contributed by atoms with Gasteiger partial charge in [-0.15, -0.1) is 5.10 Å². The van der Waals surface area contributed by atoms with Gasteiger partial charge in [0, 0.05) is 6.61 Å². The van der Waals surface area contributed by atoms with E-state index in [0.29, 0.717) is 12.1 Å². The minimum atomic E-state index is 0.244. The van der Waals surface area contributed by atoms with Gasteiger partial charge in [0.1, 0.15) is 6.73 Å². The zero-order valence-corrected chi connectivity index (χ0v) is 13.4. The van der Waals surface area contributed by atoms with Gasteiger partial charge in [0.2, 0.25) is 0 Å². The minimum absolute atomic E-state index is 0.244. The average molecular weight is 267 g/mol. The van der Waals surface area contributed by atoms with Crippen LogP contribution in [0.3, 0.4) is 0 Å². The van der Waals surface area contributed by atoms with Crippen molar-refractivity contribution in [1.82, 2.24) is 15.0 Å². The lowest BCUT2D eigenvalue weighted by atomic mass is 9.91. The molecule has 0 fully saturated rings. The maximum atomic E-state index is 5.62. The molecule has 1 aromatic rings. The standard InChI is InChI=1S/C15H29N3O/c1-14(2,3)8-7-9-19-12-18-11-13(16-17-18)10-15(4,5)6/h11H,7-10,12H2,1-6H3. The normalized spacial score (nSPS) is 12.9. The van der Waals surface area contributed by atoms with Gasteiger partial charge in [-0.25, -0.2) is 4.68 Å². The molecule has 0 N–H and O–H groups in total. The maximum Gasteiger partial charge on any atom is 0.141 e. The first-order valence-electron chi connectivity index (χ1n) is 7.12. The smallest absolute Gasteiger partial charge is 0.141 e. The van der Waals surface area contributed by atoms with Gasteiger partial charge < -0.3 is 4.74 Å². The third-order valence-electron chi connectivity index (χ3n) is 2.74. The molecule has 0 saturated heterocycles. The highest BCUT2D eigenvalue weighted by Crippen LogP contribution is 2.20. The van der Waals surface area contributed by atoms with Crippen molar-refractivity contribution >= 4 is 0 Å². The minimum Gasteiger partial charge on any atom is -0.359 e. The predicted molar refractivity (Wildman–Crippen MR) is 77.8 cm³/mol. The van der Waals surface area contributed by atoms with Crippen LogP contribution in [-0.4, -0.2) is 21.6 Å². The van der Waals surface area contributed by atoms with Crippen molar-refractivity contribution in [3.05, 3.63) is 11.9 Å². The van der Waals surface area contributed by atoms with E-state index < -0.39 is 0 Å². The molecule has 1 heterocycles. The third-order valence-corrected chi connectivity index (χ3v) is 2.74. The van der Waals surface area contributed by atoms with E-state index >= 15 is 0 Å². The van der Waals surface area contributed by atoms with Crippen LogP contribution in [0.25, 0.3) is 0 Å². The summed E-state index contributed by atoms with van der Waals surface area (Å²) in [5.74, 6) is 0. The molecule has 19 heavy (non-hydrogen) atoms. The maximum absolute atomic E-state index is 5.62. The van der Waals surface area contributed by atoms with Crippen molar-refractivity contribution in [3.63, 3.8) is 0 Å². The highest BCUT2D eigenvalue weighted by molar-refractivity contribution is 4.95. The molecule has 0 aliphatic carbocycles. The first-order chi connectivity index (χ1) is 8.66. The molecule has 0 aromatic carbocycles. The molecule has 0 saturated carbocycles. The summed E-state index contributed by atoms with van der Waals surface area (Å²) < 4.78 is 7.39. The molecule has 0 bridgehead atoms. The second kappa shape index (κ2) is 6.51. The number of hydrogen-bond acceptors (Lipinski definition) is 3. The molecule has 0 aliphatic rings. The number of rotatable bonds is 6. The van der Waals surface area contributed by atoms with Crippen molar-refractivity contribution in [3.8, 4) is 0 Å². The fourth-order valence-corrected chi connectivity index (χ4v) is 1.89. The summed E-state index contributed by atoms with van der Waals surface area (Å²) in [6.07, 6.45) is 5.19. The van der Waals surface area contributed by atoms with Crippen LogP contribution in [0.15, 0.2) is 6.20 Å². The lowest BCUT2D eigenvalue weighted by molar-refractivity contribution is 0.0605. The van der Waals surface area contributed by atoms with Gasteiger partial charge in [0.05, 0.1) is 11.9 Å². The van der Waals surface area contributed by atoms with E-state index in [1.54, 1.807) is 4.68 Å². The Kier molecular flexibility index (Phi) is 5.53. The zero-order valence-electron chi connectivity index (χ0n) is 13.4. The molecular formula is C15H29N3O. The Hall–Kier alpha value is -0.900. The summed E-state index contributed by atoms with van der Waals surface area (Å²) in [4.78, 5) is 0. The van der Waals surface area contributed by atoms with Crippen LogP contribution < -0.4 is 0 Å². The second-order valence-corrected chi connectivity index (χ2v) is 7.69. The van der Waals surface area contributed by atoms with Crippen LogP contribution in [0.4, 0.5) is 0 Å². The molecule has 0 atom stereocenters. The Balaban J connectivity index is 2.24. The lowest BCUT2D eigenvalue weighted by Crippen LogP contribution is -2.09. The van der Waals surface area contributed by atoms with Crippen LogP contribution in [0.2, 0.25) is 0 Å². The summed E-state index contributed by atoms with van der Waals surface area (Å²) in [7, 11) is 0. The summed E-state index contributed by atoms with van der Waals surface area (Å²) in [5, 5.41) is 8.26. The van der Waals surface area contributed by atoms with Crippen LogP contribution in [0.1, 0.15) is 60.1 Å². The Morgan fingerprint density at radius 2 is 1.79 bits per heavy atom. The van der Waals surface area contributed by atoms with Crippen LogP contribution in [0, 0.1) is 10.8 Å². The first-order valence-corrected chi connectivity index (χ1v) is 7.12. The van der Waals surface area contributed by atoms with Gasteiger partial charge in [-0.2, -0.15) is 0 Å². The van der Waals surface area contributed by atoms with Gasteiger partial charge in [-0.3, -0.25) is 0 Å². The van der Waals surface area contributed by atoms with E-state index in [1.807, 2.05) is 6.20 Å². The van der Waals surface area contributed by atoms with E-state index in [-0.39, 0.29) is 5.41 Å². The van der Waals surface area contributed by atoms with Crippen LogP contribution >= 0.6 is 0 Å². The molecule has 1 aromatic heterocycles. The molecular weight excluding hydrogens is 238 g/mol. The number of aromatic nitrogens is 3. The van der Waals surface area contributed by atoms with E-state index in [2.05, 4.69) is 51.9 Å². The number of ether oxygens (including phenoxy) is 1. The summed E-state index contributed by atoms with van der Waals surface area (Å²) in [6.45, 7) is 14.7. The lowest BCUT2D eigenvalue weighted by Gasteiger charge is -2.17. The van der Waals surface area contributed by atoms with Gasteiger partial charge >= 0.3 is 0 Å². The third kappa shape index (κ3) is 7.98. The van der Waals surface area contributed by atoms with E-state index in [9.17, 15) is 0 Å². The molecule has 0 aliphatic heterocycles.